The molecule has 1 N–H and O–H groups in total. The van der Waals surface area contributed by atoms with E-state index < -0.39 is 12.0 Å². The number of rotatable bonds is 3. The molecule has 102 valence electrons. The van der Waals surface area contributed by atoms with Crippen molar-refractivity contribution in [2.45, 2.75) is 57.9 Å². The third-order valence-electron chi connectivity index (χ3n) is 4.37. The second-order valence-electron chi connectivity index (χ2n) is 5.93. The van der Waals surface area contributed by atoms with Gasteiger partial charge in [0.25, 0.3) is 0 Å². The Morgan fingerprint density at radius 2 is 2.00 bits per heavy atom. The fourth-order valence-electron chi connectivity index (χ4n) is 3.43. The summed E-state index contributed by atoms with van der Waals surface area (Å²) in [5.41, 5.74) is 0. The molecule has 4 heteroatoms. The largest absolute Gasteiger partial charge is 0.480 e. The molecule has 0 aromatic carbocycles. The van der Waals surface area contributed by atoms with E-state index in [1.807, 2.05) is 0 Å². The number of hydrogen-bond acceptors (Lipinski definition) is 2. The first kappa shape index (κ1) is 13.4. The zero-order chi connectivity index (χ0) is 13.1. The molecular formula is C14H23NO3. The van der Waals surface area contributed by atoms with E-state index >= 15 is 0 Å². The second kappa shape index (κ2) is 5.72. The van der Waals surface area contributed by atoms with Crippen LogP contribution < -0.4 is 0 Å². The minimum absolute atomic E-state index is 0.0546. The number of hydrogen-bond donors (Lipinski definition) is 1. The van der Waals surface area contributed by atoms with Crippen molar-refractivity contribution in [1.29, 1.82) is 0 Å². The van der Waals surface area contributed by atoms with E-state index in [1.54, 1.807) is 4.90 Å². The van der Waals surface area contributed by atoms with Gasteiger partial charge in [0, 0.05) is 13.0 Å². The number of likely N-dealkylation sites (tertiary alicyclic amines) is 1. The van der Waals surface area contributed by atoms with E-state index in [9.17, 15) is 9.59 Å². The Morgan fingerprint density at radius 1 is 1.22 bits per heavy atom. The summed E-state index contributed by atoms with van der Waals surface area (Å²) in [6.07, 6.45) is 6.71. The smallest absolute Gasteiger partial charge is 0.326 e. The Kier molecular flexibility index (Phi) is 4.25. The molecule has 2 fully saturated rings. The van der Waals surface area contributed by atoms with Gasteiger partial charge in [-0.25, -0.2) is 4.79 Å². The lowest BCUT2D eigenvalue weighted by atomic mass is 9.80. The minimum Gasteiger partial charge on any atom is -0.480 e. The van der Waals surface area contributed by atoms with Gasteiger partial charge in [0.05, 0.1) is 0 Å². The second-order valence-corrected chi connectivity index (χ2v) is 5.93. The normalized spacial score (nSPS) is 32.5. The molecule has 1 saturated carbocycles. The van der Waals surface area contributed by atoms with Gasteiger partial charge in [0.1, 0.15) is 6.04 Å². The number of carboxylic acids is 1. The summed E-state index contributed by atoms with van der Waals surface area (Å²) in [6.45, 7) is 2.87. The average Bonchev–Trinajstić information content (AvgIpc) is 2.77. The van der Waals surface area contributed by atoms with E-state index in [0.717, 1.165) is 19.3 Å². The third-order valence-corrected chi connectivity index (χ3v) is 4.37. The average molecular weight is 253 g/mol. The zero-order valence-corrected chi connectivity index (χ0v) is 11.1. The van der Waals surface area contributed by atoms with Crippen molar-refractivity contribution in [2.75, 3.05) is 6.54 Å². The number of nitrogens with zero attached hydrogens (tertiary/aromatic N) is 1. The van der Waals surface area contributed by atoms with Crippen LogP contribution in [0.4, 0.5) is 0 Å². The van der Waals surface area contributed by atoms with Gasteiger partial charge < -0.3 is 10.0 Å². The van der Waals surface area contributed by atoms with Crippen LogP contribution in [0.15, 0.2) is 0 Å². The van der Waals surface area contributed by atoms with Crippen LogP contribution in [0.5, 0.6) is 0 Å². The van der Waals surface area contributed by atoms with Crippen LogP contribution >= 0.6 is 0 Å². The number of carboxylic acid groups (broad SMARTS) is 1. The van der Waals surface area contributed by atoms with Crippen molar-refractivity contribution in [2.24, 2.45) is 11.8 Å². The third kappa shape index (κ3) is 3.03. The topological polar surface area (TPSA) is 57.6 Å². The van der Waals surface area contributed by atoms with Crippen molar-refractivity contribution in [3.05, 3.63) is 0 Å². The molecule has 3 atom stereocenters. The number of aliphatic carboxylic acids is 1. The summed E-state index contributed by atoms with van der Waals surface area (Å²) in [5, 5.41) is 9.09. The summed E-state index contributed by atoms with van der Waals surface area (Å²) in [7, 11) is 0. The first-order valence-electron chi connectivity index (χ1n) is 7.10. The monoisotopic (exact) mass is 253 g/mol. The standard InChI is InChI=1S/C14H23NO3/c1-10-4-2-5-11(8-10)9-13(16)15-7-3-6-12(15)14(17)18/h10-12H,2-9H2,1H3,(H,17,18)/t10?,11?,12-/m1/s1. The molecule has 1 heterocycles. The summed E-state index contributed by atoms with van der Waals surface area (Å²) in [4.78, 5) is 24.8. The fraction of sp³-hybridized carbons (Fsp3) is 0.857. The number of amides is 1. The van der Waals surface area contributed by atoms with Gasteiger partial charge in [0.15, 0.2) is 0 Å². The van der Waals surface area contributed by atoms with Crippen LogP contribution in [0, 0.1) is 11.8 Å². The molecule has 0 aromatic heterocycles. The first-order chi connectivity index (χ1) is 8.58. The number of carbonyl (C=O) groups is 2. The maximum Gasteiger partial charge on any atom is 0.326 e. The molecule has 0 radical (unpaired) electrons. The molecule has 1 saturated heterocycles. The lowest BCUT2D eigenvalue weighted by molar-refractivity contribution is -0.148. The Bertz CT molecular complexity index is 329. The van der Waals surface area contributed by atoms with E-state index in [-0.39, 0.29) is 5.91 Å². The highest BCUT2D eigenvalue weighted by molar-refractivity contribution is 5.84. The predicted molar refractivity (Wildman–Crippen MR) is 68.1 cm³/mol. The molecule has 0 spiro atoms. The zero-order valence-electron chi connectivity index (χ0n) is 11.1. The lowest BCUT2D eigenvalue weighted by Gasteiger charge is -2.29. The predicted octanol–water partition coefficient (Wildman–Crippen LogP) is 2.28. The molecule has 1 amide bonds. The quantitative estimate of drug-likeness (QED) is 0.839. The van der Waals surface area contributed by atoms with E-state index in [1.165, 1.54) is 12.8 Å². The van der Waals surface area contributed by atoms with Gasteiger partial charge in [-0.2, -0.15) is 0 Å². The Labute approximate surface area is 108 Å². The van der Waals surface area contributed by atoms with Gasteiger partial charge in [0.2, 0.25) is 5.91 Å². The fourth-order valence-corrected chi connectivity index (χ4v) is 3.43. The van der Waals surface area contributed by atoms with Crippen LogP contribution in [-0.2, 0) is 9.59 Å². The van der Waals surface area contributed by atoms with Gasteiger partial charge in [-0.3, -0.25) is 4.79 Å². The van der Waals surface area contributed by atoms with E-state index in [4.69, 9.17) is 5.11 Å². The van der Waals surface area contributed by atoms with Crippen LogP contribution in [-0.4, -0.2) is 34.5 Å². The molecule has 1 aliphatic heterocycles. The number of carbonyl (C=O) groups excluding carboxylic acids is 1. The molecule has 1 aliphatic carbocycles. The van der Waals surface area contributed by atoms with Crippen LogP contribution in [0.1, 0.15) is 51.9 Å². The lowest BCUT2D eigenvalue weighted by Crippen LogP contribution is -2.41. The van der Waals surface area contributed by atoms with Crippen molar-refractivity contribution >= 4 is 11.9 Å². The van der Waals surface area contributed by atoms with Crippen molar-refractivity contribution in [3.63, 3.8) is 0 Å². The van der Waals surface area contributed by atoms with Crippen molar-refractivity contribution < 1.29 is 14.7 Å². The molecule has 18 heavy (non-hydrogen) atoms. The van der Waals surface area contributed by atoms with Gasteiger partial charge in [-0.1, -0.05) is 19.8 Å². The summed E-state index contributed by atoms with van der Waals surface area (Å²) >= 11 is 0. The van der Waals surface area contributed by atoms with Crippen LogP contribution in [0.3, 0.4) is 0 Å². The highest BCUT2D eigenvalue weighted by atomic mass is 16.4. The summed E-state index contributed by atoms with van der Waals surface area (Å²) in [5.74, 6) is 0.388. The first-order valence-corrected chi connectivity index (χ1v) is 7.10. The van der Waals surface area contributed by atoms with Crippen molar-refractivity contribution in [3.8, 4) is 0 Å². The highest BCUT2D eigenvalue weighted by Crippen LogP contribution is 2.32. The molecular weight excluding hydrogens is 230 g/mol. The van der Waals surface area contributed by atoms with Gasteiger partial charge in [-0.05, 0) is 37.5 Å². The minimum atomic E-state index is -0.849. The molecule has 0 bridgehead atoms. The molecule has 2 unspecified atom stereocenters. The van der Waals surface area contributed by atoms with Gasteiger partial charge >= 0.3 is 5.97 Å². The van der Waals surface area contributed by atoms with Crippen LogP contribution in [0.25, 0.3) is 0 Å². The Hall–Kier alpha value is -1.06. The Balaban J connectivity index is 1.89. The summed E-state index contributed by atoms with van der Waals surface area (Å²) < 4.78 is 0. The maximum absolute atomic E-state index is 12.2. The van der Waals surface area contributed by atoms with E-state index in [0.29, 0.717) is 31.2 Å². The molecule has 0 aromatic rings. The SMILES string of the molecule is CC1CCCC(CC(=O)N2CCC[C@@H]2C(=O)O)C1. The molecule has 2 aliphatic rings. The summed E-state index contributed by atoms with van der Waals surface area (Å²) in [6, 6.07) is -0.571. The highest BCUT2D eigenvalue weighted by Gasteiger charge is 2.35. The molecule has 4 nitrogen and oxygen atoms in total. The van der Waals surface area contributed by atoms with Crippen LogP contribution in [0.2, 0.25) is 0 Å². The van der Waals surface area contributed by atoms with Crippen molar-refractivity contribution in [1.82, 2.24) is 4.90 Å². The van der Waals surface area contributed by atoms with Gasteiger partial charge in [-0.15, -0.1) is 0 Å². The maximum atomic E-state index is 12.2. The molecule has 2 rings (SSSR count). The Morgan fingerprint density at radius 3 is 2.67 bits per heavy atom. The van der Waals surface area contributed by atoms with E-state index in [2.05, 4.69) is 6.92 Å².